The molecule has 3 N–H and O–H groups in total. The van der Waals surface area contributed by atoms with Crippen molar-refractivity contribution in [2.75, 3.05) is 40.4 Å². The standard InChI is InChI=1S/C11H26N4O/c1-11(2,3)15-7-6-13-10(12-4)14-8-9-16-5/h15H,6-9H2,1-5H3,(H2,12,13,14). The average Bonchev–Trinajstić information content (AvgIpc) is 2.20. The van der Waals surface area contributed by atoms with Crippen molar-refractivity contribution in [3.05, 3.63) is 0 Å². The largest absolute Gasteiger partial charge is 0.383 e. The van der Waals surface area contributed by atoms with Gasteiger partial charge in [0.25, 0.3) is 0 Å². The minimum Gasteiger partial charge on any atom is -0.383 e. The second-order valence-electron chi connectivity index (χ2n) is 4.60. The van der Waals surface area contributed by atoms with Crippen molar-refractivity contribution in [1.29, 1.82) is 0 Å². The third kappa shape index (κ3) is 9.73. The summed E-state index contributed by atoms with van der Waals surface area (Å²) in [4.78, 5) is 4.10. The van der Waals surface area contributed by atoms with Gasteiger partial charge in [0.1, 0.15) is 0 Å². The zero-order valence-electron chi connectivity index (χ0n) is 11.2. The SMILES string of the molecule is CN=C(NCCNC(C)(C)C)NCCOC. The molecular formula is C11H26N4O. The molecule has 0 saturated carbocycles. The van der Waals surface area contributed by atoms with E-state index < -0.39 is 0 Å². The van der Waals surface area contributed by atoms with Crippen LogP contribution in [0.2, 0.25) is 0 Å². The van der Waals surface area contributed by atoms with Crippen molar-refractivity contribution in [3.8, 4) is 0 Å². The van der Waals surface area contributed by atoms with Gasteiger partial charge in [0, 0.05) is 39.3 Å². The molecule has 96 valence electrons. The van der Waals surface area contributed by atoms with Gasteiger partial charge in [-0.1, -0.05) is 0 Å². The molecule has 0 aromatic carbocycles. The van der Waals surface area contributed by atoms with Gasteiger partial charge in [-0.3, -0.25) is 4.99 Å². The number of nitrogens with zero attached hydrogens (tertiary/aromatic N) is 1. The lowest BCUT2D eigenvalue weighted by atomic mass is 10.1. The van der Waals surface area contributed by atoms with E-state index in [1.54, 1.807) is 14.2 Å². The Kier molecular flexibility index (Phi) is 7.93. The van der Waals surface area contributed by atoms with Gasteiger partial charge in [-0.05, 0) is 20.8 Å². The van der Waals surface area contributed by atoms with Gasteiger partial charge >= 0.3 is 0 Å². The first-order valence-corrected chi connectivity index (χ1v) is 5.68. The number of guanidine groups is 1. The number of methoxy groups -OCH3 is 1. The summed E-state index contributed by atoms with van der Waals surface area (Å²) in [5.74, 6) is 0.813. The Bertz CT molecular complexity index is 199. The maximum absolute atomic E-state index is 4.95. The highest BCUT2D eigenvalue weighted by molar-refractivity contribution is 5.79. The Labute approximate surface area is 99.0 Å². The van der Waals surface area contributed by atoms with Gasteiger partial charge in [0.15, 0.2) is 5.96 Å². The monoisotopic (exact) mass is 230 g/mol. The van der Waals surface area contributed by atoms with Crippen molar-refractivity contribution >= 4 is 5.96 Å². The van der Waals surface area contributed by atoms with E-state index in [0.717, 1.165) is 25.6 Å². The van der Waals surface area contributed by atoms with Crippen LogP contribution in [0.4, 0.5) is 0 Å². The van der Waals surface area contributed by atoms with E-state index in [9.17, 15) is 0 Å². The van der Waals surface area contributed by atoms with E-state index in [1.165, 1.54) is 0 Å². The topological polar surface area (TPSA) is 57.7 Å². The summed E-state index contributed by atoms with van der Waals surface area (Å²) in [5, 5.41) is 9.77. The Morgan fingerprint density at radius 1 is 1.12 bits per heavy atom. The summed E-state index contributed by atoms with van der Waals surface area (Å²) < 4.78 is 4.95. The summed E-state index contributed by atoms with van der Waals surface area (Å²) in [6.45, 7) is 9.66. The minimum absolute atomic E-state index is 0.161. The molecule has 0 aromatic rings. The number of ether oxygens (including phenoxy) is 1. The van der Waals surface area contributed by atoms with Crippen LogP contribution in [0.1, 0.15) is 20.8 Å². The first-order chi connectivity index (χ1) is 7.49. The minimum atomic E-state index is 0.161. The lowest BCUT2D eigenvalue weighted by Crippen LogP contribution is -2.45. The second-order valence-corrected chi connectivity index (χ2v) is 4.60. The van der Waals surface area contributed by atoms with Crippen LogP contribution >= 0.6 is 0 Å². The molecule has 0 aliphatic rings. The van der Waals surface area contributed by atoms with E-state index in [2.05, 4.69) is 41.7 Å². The molecule has 0 unspecified atom stereocenters. The van der Waals surface area contributed by atoms with Gasteiger partial charge in [-0.2, -0.15) is 0 Å². The number of hydrogen-bond donors (Lipinski definition) is 3. The van der Waals surface area contributed by atoms with E-state index in [1.807, 2.05) is 0 Å². The fourth-order valence-electron chi connectivity index (χ4n) is 1.11. The Hall–Kier alpha value is -0.810. The van der Waals surface area contributed by atoms with Crippen LogP contribution in [0.3, 0.4) is 0 Å². The van der Waals surface area contributed by atoms with Crippen LogP contribution in [0.15, 0.2) is 4.99 Å². The molecule has 0 heterocycles. The van der Waals surface area contributed by atoms with Crippen molar-refractivity contribution in [3.63, 3.8) is 0 Å². The van der Waals surface area contributed by atoms with Crippen LogP contribution < -0.4 is 16.0 Å². The fraction of sp³-hybridized carbons (Fsp3) is 0.909. The number of hydrogen-bond acceptors (Lipinski definition) is 3. The van der Waals surface area contributed by atoms with Gasteiger partial charge in [0.2, 0.25) is 0 Å². The summed E-state index contributed by atoms with van der Waals surface area (Å²) in [6, 6.07) is 0. The smallest absolute Gasteiger partial charge is 0.191 e. The summed E-state index contributed by atoms with van der Waals surface area (Å²) >= 11 is 0. The zero-order chi connectivity index (χ0) is 12.4. The highest BCUT2D eigenvalue weighted by Crippen LogP contribution is 1.96. The fourth-order valence-corrected chi connectivity index (χ4v) is 1.11. The first kappa shape index (κ1) is 15.2. The second kappa shape index (κ2) is 8.35. The molecule has 0 aliphatic heterocycles. The van der Waals surface area contributed by atoms with Gasteiger partial charge in [-0.15, -0.1) is 0 Å². The Balaban J connectivity index is 3.57. The van der Waals surface area contributed by atoms with E-state index in [-0.39, 0.29) is 5.54 Å². The summed E-state index contributed by atoms with van der Waals surface area (Å²) in [5.41, 5.74) is 0.161. The molecule has 5 nitrogen and oxygen atoms in total. The van der Waals surface area contributed by atoms with Crippen molar-refractivity contribution in [2.45, 2.75) is 26.3 Å². The van der Waals surface area contributed by atoms with Crippen molar-refractivity contribution < 1.29 is 4.74 Å². The third-order valence-corrected chi connectivity index (χ3v) is 1.90. The molecule has 5 heteroatoms. The molecule has 0 aromatic heterocycles. The molecule has 0 fully saturated rings. The lowest BCUT2D eigenvalue weighted by molar-refractivity contribution is 0.203. The van der Waals surface area contributed by atoms with Crippen molar-refractivity contribution in [2.24, 2.45) is 4.99 Å². The van der Waals surface area contributed by atoms with Crippen LogP contribution in [0.25, 0.3) is 0 Å². The van der Waals surface area contributed by atoms with Gasteiger partial charge in [0.05, 0.1) is 6.61 Å². The highest BCUT2D eigenvalue weighted by atomic mass is 16.5. The molecule has 0 rings (SSSR count). The molecule has 0 spiro atoms. The molecule has 16 heavy (non-hydrogen) atoms. The average molecular weight is 230 g/mol. The van der Waals surface area contributed by atoms with Crippen LogP contribution in [0, 0.1) is 0 Å². The molecule has 0 atom stereocenters. The first-order valence-electron chi connectivity index (χ1n) is 5.68. The number of rotatable bonds is 6. The lowest BCUT2D eigenvalue weighted by Gasteiger charge is -2.21. The zero-order valence-corrected chi connectivity index (χ0v) is 11.2. The van der Waals surface area contributed by atoms with Crippen LogP contribution in [0.5, 0.6) is 0 Å². The van der Waals surface area contributed by atoms with E-state index in [0.29, 0.717) is 6.61 Å². The van der Waals surface area contributed by atoms with Crippen LogP contribution in [-0.4, -0.2) is 51.9 Å². The number of nitrogens with one attached hydrogen (secondary N) is 3. The molecule has 0 saturated heterocycles. The molecular weight excluding hydrogens is 204 g/mol. The maximum atomic E-state index is 4.95. The molecule has 0 bridgehead atoms. The molecule has 0 aliphatic carbocycles. The van der Waals surface area contributed by atoms with Crippen LogP contribution in [-0.2, 0) is 4.74 Å². The Morgan fingerprint density at radius 3 is 2.25 bits per heavy atom. The van der Waals surface area contributed by atoms with Gasteiger partial charge in [-0.25, -0.2) is 0 Å². The predicted molar refractivity (Wildman–Crippen MR) is 69.0 cm³/mol. The quantitative estimate of drug-likeness (QED) is 0.346. The van der Waals surface area contributed by atoms with Gasteiger partial charge < -0.3 is 20.7 Å². The van der Waals surface area contributed by atoms with E-state index in [4.69, 9.17) is 4.74 Å². The third-order valence-electron chi connectivity index (χ3n) is 1.90. The summed E-state index contributed by atoms with van der Waals surface area (Å²) in [6.07, 6.45) is 0. The Morgan fingerprint density at radius 2 is 1.75 bits per heavy atom. The van der Waals surface area contributed by atoms with E-state index >= 15 is 0 Å². The number of aliphatic imine (C=N–C) groups is 1. The normalized spacial score (nSPS) is 12.7. The van der Waals surface area contributed by atoms with Crippen molar-refractivity contribution in [1.82, 2.24) is 16.0 Å². The summed E-state index contributed by atoms with van der Waals surface area (Å²) in [7, 11) is 3.45. The molecule has 0 amide bonds. The molecule has 0 radical (unpaired) electrons. The highest BCUT2D eigenvalue weighted by Gasteiger charge is 2.07. The predicted octanol–water partition coefficient (Wildman–Crippen LogP) is 0.186. The maximum Gasteiger partial charge on any atom is 0.191 e.